The second-order valence-electron chi connectivity index (χ2n) is 10.7. The molecule has 2 atom stereocenters. The number of likely N-dealkylation sites (N-methyl/N-ethyl adjacent to an activating group) is 1. The number of carboxylic acids is 2. The van der Waals surface area contributed by atoms with E-state index in [9.17, 15) is 31.1 Å². The Morgan fingerprint density at radius 1 is 1.04 bits per heavy atom. The van der Waals surface area contributed by atoms with E-state index in [-0.39, 0.29) is 35.0 Å². The Balaban J connectivity index is 0.000000587. The van der Waals surface area contributed by atoms with Gasteiger partial charge in [-0.15, -0.1) is 9.78 Å². The molecule has 23 heteroatoms. The molecule has 4 rings (SSSR count). The van der Waals surface area contributed by atoms with Crippen molar-refractivity contribution in [3.63, 3.8) is 0 Å². The molecule has 2 heterocycles. The van der Waals surface area contributed by atoms with Crippen LogP contribution < -0.4 is 26.2 Å². The number of anilines is 1. The van der Waals surface area contributed by atoms with Gasteiger partial charge in [-0.05, 0) is 57.4 Å². The highest BCUT2D eigenvalue weighted by molar-refractivity contribution is 5.95. The van der Waals surface area contributed by atoms with E-state index in [2.05, 4.69) is 25.4 Å². The second-order valence-corrected chi connectivity index (χ2v) is 10.7. The zero-order valence-electron chi connectivity index (χ0n) is 28.0. The van der Waals surface area contributed by atoms with E-state index in [0.717, 1.165) is 4.68 Å². The van der Waals surface area contributed by atoms with E-state index >= 15 is 4.39 Å². The Kier molecular flexibility index (Phi) is 14.8. The van der Waals surface area contributed by atoms with Crippen molar-refractivity contribution in [3.05, 3.63) is 88.1 Å². The molecule has 53 heavy (non-hydrogen) atoms. The van der Waals surface area contributed by atoms with Crippen molar-refractivity contribution >= 4 is 23.5 Å². The lowest BCUT2D eigenvalue weighted by Gasteiger charge is -2.23. The third kappa shape index (κ3) is 13.1. The third-order valence-corrected chi connectivity index (χ3v) is 6.18. The standard InChI is InChI=1S/C26H30FN9O3.2C2HF3O2/c1-15(14-35(2)3)39-20-13-18(38-4)12-19(21(20)27)22(32-17-8-6-16(7-9-17)23(28)29)24-33-26(37)36(34-24)25-30-10-5-11-31-25;2*3-2(4,5)1(6)7/h5-13,15,22,32H,14H2,1-4H3,(H3,28,29)(H,33,34,37);2*(H,6,7). The van der Waals surface area contributed by atoms with Gasteiger partial charge in [-0.3, -0.25) is 10.4 Å². The number of alkyl halides is 6. The summed E-state index contributed by atoms with van der Waals surface area (Å²) < 4.78 is 92.0. The molecule has 0 saturated carbocycles. The van der Waals surface area contributed by atoms with Gasteiger partial charge in [0, 0.05) is 41.8 Å². The van der Waals surface area contributed by atoms with Crippen LogP contribution in [0.1, 0.15) is 29.9 Å². The van der Waals surface area contributed by atoms with Crippen molar-refractivity contribution in [2.45, 2.75) is 31.4 Å². The van der Waals surface area contributed by atoms with Crippen LogP contribution in [0.2, 0.25) is 0 Å². The SMILES string of the molecule is COc1cc(OC(C)CN(C)C)c(F)c(C(Nc2ccc(C(=N)N)cc2)c2nn(-c3ncccn3)c(=O)[nH]2)c1.O=C(O)C(F)(F)F.O=C(O)C(F)(F)F. The summed E-state index contributed by atoms with van der Waals surface area (Å²) in [5.74, 6) is -5.75. The molecule has 0 aliphatic carbocycles. The maximum Gasteiger partial charge on any atom is 0.490 e. The number of aromatic amines is 1. The number of nitrogens with two attached hydrogens (primary N) is 1. The van der Waals surface area contributed by atoms with E-state index in [4.69, 9.17) is 40.4 Å². The van der Waals surface area contributed by atoms with Gasteiger partial charge in [-0.1, -0.05) is 0 Å². The fraction of sp³-hybridized carbons (Fsp3) is 0.300. The maximum absolute atomic E-state index is 16.1. The number of carbonyl (C=O) groups is 2. The lowest BCUT2D eigenvalue weighted by molar-refractivity contribution is -0.193. The average Bonchev–Trinajstić information content (AvgIpc) is 3.45. The lowest BCUT2D eigenvalue weighted by atomic mass is 10.0. The highest BCUT2D eigenvalue weighted by Gasteiger charge is 2.39. The van der Waals surface area contributed by atoms with Gasteiger partial charge in [-0.25, -0.2) is 28.7 Å². The summed E-state index contributed by atoms with van der Waals surface area (Å²) >= 11 is 0. The largest absolute Gasteiger partial charge is 0.497 e. The minimum atomic E-state index is -5.08. The molecule has 0 bridgehead atoms. The quantitative estimate of drug-likeness (QED) is 0.0729. The van der Waals surface area contributed by atoms with Crippen LogP contribution in [0, 0.1) is 11.2 Å². The monoisotopic (exact) mass is 763 g/mol. The van der Waals surface area contributed by atoms with Gasteiger partial charge in [0.2, 0.25) is 0 Å². The van der Waals surface area contributed by atoms with Crippen LogP contribution in [0.5, 0.6) is 11.5 Å². The summed E-state index contributed by atoms with van der Waals surface area (Å²) in [7, 11) is 5.26. The highest BCUT2D eigenvalue weighted by atomic mass is 19.4. The molecule has 288 valence electrons. The van der Waals surface area contributed by atoms with E-state index in [1.165, 1.54) is 31.6 Å². The first-order valence-corrected chi connectivity index (χ1v) is 14.5. The molecule has 4 aromatic rings. The van der Waals surface area contributed by atoms with Crippen LogP contribution >= 0.6 is 0 Å². The van der Waals surface area contributed by atoms with Gasteiger partial charge in [0.05, 0.1) is 7.11 Å². The van der Waals surface area contributed by atoms with Gasteiger partial charge < -0.3 is 35.6 Å². The number of nitrogen functional groups attached to an aromatic ring is 1. The number of H-pyrrole nitrogens is 1. The normalized spacial score (nSPS) is 12.3. The van der Waals surface area contributed by atoms with Gasteiger partial charge in [-0.2, -0.15) is 26.3 Å². The number of rotatable bonds is 11. The number of amidine groups is 1. The molecule has 0 radical (unpaired) electrons. The van der Waals surface area contributed by atoms with E-state index in [1.807, 2.05) is 25.9 Å². The first-order valence-electron chi connectivity index (χ1n) is 14.5. The first kappa shape index (κ1) is 42.9. The minimum absolute atomic E-state index is 0.00870. The predicted octanol–water partition coefficient (Wildman–Crippen LogP) is 3.58. The van der Waals surface area contributed by atoms with Crippen LogP contribution in [0.4, 0.5) is 36.4 Å². The van der Waals surface area contributed by atoms with Crippen LogP contribution in [0.3, 0.4) is 0 Å². The maximum atomic E-state index is 16.1. The summed E-state index contributed by atoms with van der Waals surface area (Å²) in [5.41, 5.74) is 6.17. The van der Waals surface area contributed by atoms with Crippen molar-refractivity contribution in [2.75, 3.05) is 33.1 Å². The summed E-state index contributed by atoms with van der Waals surface area (Å²) in [6.07, 6.45) is -7.53. The van der Waals surface area contributed by atoms with Crippen molar-refractivity contribution in [1.29, 1.82) is 5.41 Å². The first-order chi connectivity index (χ1) is 24.5. The number of hydrogen-bond acceptors (Lipinski definition) is 11. The topological polar surface area (TPSA) is 235 Å². The fourth-order valence-corrected chi connectivity index (χ4v) is 3.99. The molecule has 2 aromatic heterocycles. The summed E-state index contributed by atoms with van der Waals surface area (Å²) in [6.45, 7) is 2.40. The van der Waals surface area contributed by atoms with Crippen molar-refractivity contribution in [1.82, 2.24) is 29.6 Å². The highest BCUT2D eigenvalue weighted by Crippen LogP contribution is 2.35. The molecule has 0 amide bonds. The van der Waals surface area contributed by atoms with Gasteiger partial charge >= 0.3 is 30.0 Å². The van der Waals surface area contributed by atoms with Crippen LogP contribution in [-0.4, -0.2) is 104 Å². The molecule has 0 aliphatic rings. The number of halogens is 7. The summed E-state index contributed by atoms with van der Waals surface area (Å²) in [4.78, 5) is 43.4. The molecule has 0 saturated heterocycles. The molecule has 0 spiro atoms. The molecule has 2 unspecified atom stereocenters. The minimum Gasteiger partial charge on any atom is -0.497 e. The third-order valence-electron chi connectivity index (χ3n) is 6.18. The number of carboxylic acid groups (broad SMARTS) is 2. The van der Waals surface area contributed by atoms with Crippen LogP contribution in [0.25, 0.3) is 5.95 Å². The van der Waals surface area contributed by atoms with Crippen molar-refractivity contribution < 1.29 is 60.0 Å². The number of aliphatic carboxylic acids is 2. The smallest absolute Gasteiger partial charge is 0.490 e. The van der Waals surface area contributed by atoms with Crippen molar-refractivity contribution in [2.24, 2.45) is 5.73 Å². The molecular weight excluding hydrogens is 731 g/mol. The average molecular weight is 764 g/mol. The Morgan fingerprint density at radius 3 is 2.02 bits per heavy atom. The Hall–Kier alpha value is -6.26. The Bertz CT molecular complexity index is 1880. The number of ether oxygens (including phenoxy) is 2. The second kappa shape index (κ2) is 18.3. The molecule has 7 N–H and O–H groups in total. The van der Waals surface area contributed by atoms with Gasteiger partial charge in [0.15, 0.2) is 17.4 Å². The Morgan fingerprint density at radius 2 is 1.57 bits per heavy atom. The number of methoxy groups -OCH3 is 1. The van der Waals surface area contributed by atoms with E-state index < -0.39 is 41.8 Å². The van der Waals surface area contributed by atoms with E-state index in [0.29, 0.717) is 23.5 Å². The van der Waals surface area contributed by atoms with Crippen molar-refractivity contribution in [3.8, 4) is 17.4 Å². The fourth-order valence-electron chi connectivity index (χ4n) is 3.99. The van der Waals surface area contributed by atoms with E-state index in [1.54, 1.807) is 30.3 Å². The number of nitrogens with one attached hydrogen (secondary N) is 3. The molecular formula is C30H32F7N9O7. The van der Waals surface area contributed by atoms with Crippen LogP contribution in [0.15, 0.2) is 59.7 Å². The number of benzene rings is 2. The van der Waals surface area contributed by atoms with Gasteiger partial charge in [0.25, 0.3) is 5.95 Å². The zero-order valence-corrected chi connectivity index (χ0v) is 28.0. The lowest BCUT2D eigenvalue weighted by Crippen LogP contribution is -2.28. The summed E-state index contributed by atoms with van der Waals surface area (Å²) in [6, 6.07) is 10.3. The zero-order chi connectivity index (χ0) is 40.3. The van der Waals surface area contributed by atoms with Gasteiger partial charge in [0.1, 0.15) is 23.7 Å². The summed E-state index contributed by atoms with van der Waals surface area (Å²) in [5, 5.41) is 29.5. The predicted molar refractivity (Wildman–Crippen MR) is 172 cm³/mol. The number of hydrogen-bond donors (Lipinski definition) is 6. The molecule has 0 fully saturated rings. The molecule has 2 aromatic carbocycles. The molecule has 0 aliphatic heterocycles. The molecule has 16 nitrogen and oxygen atoms in total. The van der Waals surface area contributed by atoms with Crippen LogP contribution in [-0.2, 0) is 9.59 Å². The Labute approximate surface area is 294 Å². The number of nitrogens with zero attached hydrogens (tertiary/aromatic N) is 5. The number of aromatic nitrogens is 5.